The molecular formula is C27H20F2N2O5S2. The molecule has 7 nitrogen and oxygen atoms in total. The second-order valence-corrected chi connectivity index (χ2v) is 10.1. The summed E-state index contributed by atoms with van der Waals surface area (Å²) in [5.74, 6) is -4.17. The summed E-state index contributed by atoms with van der Waals surface area (Å²) in [6, 6.07) is 12.2. The Kier molecular flexibility index (Phi) is 7.88. The number of rotatable bonds is 7. The van der Waals surface area contributed by atoms with E-state index in [-0.39, 0.29) is 44.6 Å². The van der Waals surface area contributed by atoms with E-state index in [2.05, 4.69) is 5.32 Å². The number of halogens is 2. The molecule has 0 atom stereocenters. The molecule has 4 rings (SSSR count). The number of hydrogen-bond donors (Lipinski definition) is 3. The highest BCUT2D eigenvalue weighted by Crippen LogP contribution is 2.38. The number of nitrogens with zero attached hydrogens (tertiary/aromatic N) is 1. The van der Waals surface area contributed by atoms with Gasteiger partial charge < -0.3 is 15.5 Å². The van der Waals surface area contributed by atoms with E-state index in [4.69, 9.17) is 17.3 Å². The van der Waals surface area contributed by atoms with E-state index in [1.807, 2.05) is 0 Å². The van der Waals surface area contributed by atoms with Gasteiger partial charge in [0, 0.05) is 29.8 Å². The molecule has 1 saturated heterocycles. The van der Waals surface area contributed by atoms with E-state index in [9.17, 15) is 28.3 Å². The molecule has 2 amide bonds. The van der Waals surface area contributed by atoms with Crippen LogP contribution in [0.1, 0.15) is 27.9 Å². The molecule has 0 saturated carbocycles. The topological polar surface area (TPSA) is 107 Å². The number of carboxylic acids is 1. The molecule has 0 radical (unpaired) electrons. The third-order valence-electron chi connectivity index (χ3n) is 5.65. The van der Waals surface area contributed by atoms with Crippen molar-refractivity contribution in [3.63, 3.8) is 0 Å². The van der Waals surface area contributed by atoms with Gasteiger partial charge in [-0.15, -0.1) is 0 Å². The molecule has 38 heavy (non-hydrogen) atoms. The predicted molar refractivity (Wildman–Crippen MR) is 145 cm³/mol. The standard InChI is InChI=1S/C27H20F2N2O5S2/c1-14-10-17(24(33)19(11-14)16-4-7-20(28)21(29)12-16)13-22-25(34)31(27(37)38-22)9-8-23(32)30-18-5-2-15(3-6-18)26(35)36/h2-7,10-13,33H,8-9H2,1H3,(H,30,32)(H,35,36)/b22-13-. The normalized spacial score (nSPS) is 14.3. The van der Waals surface area contributed by atoms with Gasteiger partial charge in [0.1, 0.15) is 10.1 Å². The van der Waals surface area contributed by atoms with Crippen LogP contribution < -0.4 is 5.32 Å². The molecule has 0 unspecified atom stereocenters. The summed E-state index contributed by atoms with van der Waals surface area (Å²) in [6.07, 6.45) is 1.41. The van der Waals surface area contributed by atoms with E-state index in [0.717, 1.165) is 29.5 Å². The Bertz CT molecular complexity index is 1510. The van der Waals surface area contributed by atoms with E-state index < -0.39 is 29.4 Å². The lowest BCUT2D eigenvalue weighted by molar-refractivity contribution is -0.122. The zero-order valence-corrected chi connectivity index (χ0v) is 21.5. The molecule has 0 bridgehead atoms. The second kappa shape index (κ2) is 11.1. The van der Waals surface area contributed by atoms with Crippen LogP contribution in [0.25, 0.3) is 17.2 Å². The largest absolute Gasteiger partial charge is 0.507 e. The first-order chi connectivity index (χ1) is 18.0. The first-order valence-electron chi connectivity index (χ1n) is 11.2. The average Bonchev–Trinajstić information content (AvgIpc) is 3.13. The summed E-state index contributed by atoms with van der Waals surface area (Å²) in [4.78, 5) is 37.8. The van der Waals surface area contributed by atoms with Crippen LogP contribution in [0.2, 0.25) is 0 Å². The van der Waals surface area contributed by atoms with E-state index in [1.54, 1.807) is 19.1 Å². The van der Waals surface area contributed by atoms with E-state index >= 15 is 0 Å². The highest BCUT2D eigenvalue weighted by atomic mass is 32.2. The zero-order valence-electron chi connectivity index (χ0n) is 19.8. The molecule has 3 aromatic rings. The first-order valence-corrected chi connectivity index (χ1v) is 12.4. The van der Waals surface area contributed by atoms with Crippen LogP contribution in [0.5, 0.6) is 5.75 Å². The third-order valence-corrected chi connectivity index (χ3v) is 7.03. The Hall–Kier alpha value is -4.09. The number of hydrogen-bond acceptors (Lipinski definition) is 6. The number of anilines is 1. The predicted octanol–water partition coefficient (Wildman–Crippen LogP) is 5.57. The van der Waals surface area contributed by atoms with Gasteiger partial charge in [-0.25, -0.2) is 13.6 Å². The molecular weight excluding hydrogens is 534 g/mol. The molecule has 1 fully saturated rings. The SMILES string of the molecule is Cc1cc(/C=C2\SC(=S)N(CCC(=O)Nc3ccc(C(=O)O)cc3)C2=O)c(O)c(-c2ccc(F)c(F)c2)c1. The van der Waals surface area contributed by atoms with Gasteiger partial charge in [-0.05, 0) is 72.7 Å². The second-order valence-electron chi connectivity index (χ2n) is 8.39. The van der Waals surface area contributed by atoms with Crippen molar-refractivity contribution in [1.82, 2.24) is 4.90 Å². The van der Waals surface area contributed by atoms with Crippen LogP contribution in [0.3, 0.4) is 0 Å². The summed E-state index contributed by atoms with van der Waals surface area (Å²) in [6.45, 7) is 1.78. The summed E-state index contributed by atoms with van der Waals surface area (Å²) in [5, 5.41) is 22.5. The number of amides is 2. The number of carbonyl (C=O) groups excluding carboxylic acids is 2. The van der Waals surface area contributed by atoms with Crippen LogP contribution in [-0.4, -0.2) is 43.8 Å². The lowest BCUT2D eigenvalue weighted by atomic mass is 9.98. The van der Waals surface area contributed by atoms with E-state index in [0.29, 0.717) is 11.3 Å². The molecule has 0 aliphatic carbocycles. The molecule has 194 valence electrons. The van der Waals surface area contributed by atoms with Gasteiger partial charge in [0.05, 0.1) is 10.5 Å². The van der Waals surface area contributed by atoms with Crippen LogP contribution in [0.4, 0.5) is 14.5 Å². The van der Waals surface area contributed by atoms with Crippen LogP contribution in [0, 0.1) is 18.6 Å². The Morgan fingerprint density at radius 1 is 1.08 bits per heavy atom. The van der Waals surface area contributed by atoms with Gasteiger partial charge in [0.2, 0.25) is 5.91 Å². The highest BCUT2D eigenvalue weighted by Gasteiger charge is 2.32. The number of carboxylic acid groups (broad SMARTS) is 1. The average molecular weight is 555 g/mol. The lowest BCUT2D eigenvalue weighted by Crippen LogP contribution is -2.31. The smallest absolute Gasteiger partial charge is 0.335 e. The van der Waals surface area contributed by atoms with Gasteiger partial charge in [0.25, 0.3) is 5.91 Å². The van der Waals surface area contributed by atoms with Crippen molar-refractivity contribution in [3.05, 3.63) is 87.8 Å². The van der Waals surface area contributed by atoms with Crippen molar-refractivity contribution in [2.45, 2.75) is 13.3 Å². The van der Waals surface area contributed by atoms with Crippen LogP contribution >= 0.6 is 24.0 Å². The Balaban J connectivity index is 1.47. The van der Waals surface area contributed by atoms with Gasteiger partial charge >= 0.3 is 5.97 Å². The monoisotopic (exact) mass is 554 g/mol. The number of thioether (sulfide) groups is 1. The van der Waals surface area contributed by atoms with Crippen molar-refractivity contribution in [1.29, 1.82) is 0 Å². The fraction of sp³-hybridized carbons (Fsp3) is 0.111. The fourth-order valence-electron chi connectivity index (χ4n) is 3.77. The van der Waals surface area contributed by atoms with Crippen molar-refractivity contribution >= 4 is 57.8 Å². The zero-order chi connectivity index (χ0) is 27.6. The molecule has 1 aliphatic rings. The summed E-state index contributed by atoms with van der Waals surface area (Å²) in [7, 11) is 0. The number of nitrogens with one attached hydrogen (secondary N) is 1. The maximum atomic E-state index is 13.8. The van der Waals surface area contributed by atoms with E-state index in [1.165, 1.54) is 41.3 Å². The maximum absolute atomic E-state index is 13.8. The number of aryl methyl sites for hydroxylation is 1. The molecule has 0 spiro atoms. The minimum Gasteiger partial charge on any atom is -0.507 e. The van der Waals surface area contributed by atoms with Crippen molar-refractivity contribution < 1.29 is 33.4 Å². The number of aromatic hydroxyl groups is 1. The Labute approximate surface area is 225 Å². The fourth-order valence-corrected chi connectivity index (χ4v) is 5.07. The number of thiocarbonyl (C=S) groups is 1. The summed E-state index contributed by atoms with van der Waals surface area (Å²) in [5.41, 5.74) is 2.07. The number of phenolic OH excluding ortho intramolecular Hbond substituents is 1. The van der Waals surface area contributed by atoms with Crippen molar-refractivity contribution in [2.24, 2.45) is 0 Å². The number of phenols is 1. The number of benzene rings is 3. The molecule has 0 aromatic heterocycles. The molecule has 1 heterocycles. The van der Waals surface area contributed by atoms with Crippen molar-refractivity contribution in [3.8, 4) is 16.9 Å². The third kappa shape index (κ3) is 5.90. The van der Waals surface area contributed by atoms with Crippen molar-refractivity contribution in [2.75, 3.05) is 11.9 Å². The minimum absolute atomic E-state index is 0.0148. The molecule has 3 aromatic carbocycles. The molecule has 1 aliphatic heterocycles. The summed E-state index contributed by atoms with van der Waals surface area (Å²) < 4.78 is 27.4. The molecule has 11 heteroatoms. The minimum atomic E-state index is -1.08. The first kappa shape index (κ1) is 27.0. The highest BCUT2D eigenvalue weighted by molar-refractivity contribution is 8.26. The van der Waals surface area contributed by atoms with Crippen LogP contribution in [0.15, 0.2) is 59.5 Å². The number of aromatic carboxylic acids is 1. The van der Waals surface area contributed by atoms with Gasteiger partial charge in [-0.1, -0.05) is 30.0 Å². The number of carbonyl (C=O) groups is 3. The Morgan fingerprint density at radius 3 is 2.45 bits per heavy atom. The van der Waals surface area contributed by atoms with Gasteiger partial charge in [-0.3, -0.25) is 14.5 Å². The molecule has 3 N–H and O–H groups in total. The maximum Gasteiger partial charge on any atom is 0.335 e. The lowest BCUT2D eigenvalue weighted by Gasteiger charge is -2.14. The van der Waals surface area contributed by atoms with Crippen LogP contribution in [-0.2, 0) is 9.59 Å². The Morgan fingerprint density at radius 2 is 1.79 bits per heavy atom. The van der Waals surface area contributed by atoms with Gasteiger partial charge in [0.15, 0.2) is 11.6 Å². The quantitative estimate of drug-likeness (QED) is 0.259. The summed E-state index contributed by atoms with van der Waals surface area (Å²) >= 11 is 6.34. The van der Waals surface area contributed by atoms with Gasteiger partial charge in [-0.2, -0.15) is 0 Å².